The minimum absolute atomic E-state index is 0.0387. The summed E-state index contributed by atoms with van der Waals surface area (Å²) in [5, 5.41) is 10.7. The molecule has 0 aromatic heterocycles. The second-order valence-electron chi connectivity index (χ2n) is 12.8. The summed E-state index contributed by atoms with van der Waals surface area (Å²) < 4.78 is 12.7. The molecule has 1 spiro atoms. The van der Waals surface area contributed by atoms with E-state index in [-0.39, 0.29) is 36.3 Å². The topological polar surface area (TPSA) is 99.6 Å². The number of fused-ring (bicyclic) bond motifs is 2. The zero-order valence-corrected chi connectivity index (χ0v) is 27.1. The van der Waals surface area contributed by atoms with Gasteiger partial charge in [0.25, 0.3) is 0 Å². The largest absolute Gasteiger partial charge is 0.494 e. The fraction of sp³-hybridized carbons (Fsp3) is 0.629. The van der Waals surface area contributed by atoms with Gasteiger partial charge in [0, 0.05) is 24.8 Å². The molecule has 3 amide bonds. The highest BCUT2D eigenvalue weighted by Crippen LogP contribution is 2.59. The summed E-state index contributed by atoms with van der Waals surface area (Å²) in [7, 11) is 0. The molecule has 1 aromatic rings. The van der Waals surface area contributed by atoms with Crippen molar-refractivity contribution in [2.45, 2.75) is 96.6 Å². The number of likely N-dealkylation sites (tertiary alicyclic amines) is 1. The van der Waals surface area contributed by atoms with E-state index >= 15 is 0 Å². The standard InChI is InChI=1S/C35H49N3O6/c1-7-13-24(6)36-20-12-19-35-29(32(41)38(30(35)33(36)42)27(22-39)23(5)8-2)28-31(40)37(21-11-18-34(28,9-3)44-35)25-14-16-26(17-15-25)43-10-4/h11-12,14-19,23-24,27-30,39H,7-10,13,20-22H2,1-6H3/t23-,24?,27-,28-,29-,30?,34+,35-/m0/s1. The zero-order chi connectivity index (χ0) is 31.8. The van der Waals surface area contributed by atoms with Crippen LogP contribution in [0.2, 0.25) is 0 Å². The van der Waals surface area contributed by atoms with Crippen molar-refractivity contribution >= 4 is 23.4 Å². The van der Waals surface area contributed by atoms with Crippen LogP contribution in [0.3, 0.4) is 0 Å². The Morgan fingerprint density at radius 3 is 2.27 bits per heavy atom. The Hall–Kier alpha value is -3.17. The highest BCUT2D eigenvalue weighted by atomic mass is 16.5. The number of hydrogen-bond donors (Lipinski definition) is 1. The maximum absolute atomic E-state index is 14.9. The molecule has 1 aromatic carbocycles. The van der Waals surface area contributed by atoms with Gasteiger partial charge in [-0.2, -0.15) is 0 Å². The highest BCUT2D eigenvalue weighted by molar-refractivity contribution is 6.04. The summed E-state index contributed by atoms with van der Waals surface area (Å²) in [5.74, 6) is -1.82. The molecule has 4 heterocycles. The molecule has 5 rings (SSSR count). The number of aliphatic hydroxyl groups is 1. The van der Waals surface area contributed by atoms with Crippen LogP contribution in [-0.2, 0) is 19.1 Å². The first-order valence-electron chi connectivity index (χ1n) is 16.5. The highest BCUT2D eigenvalue weighted by Gasteiger charge is 2.76. The first kappa shape index (κ1) is 32.2. The van der Waals surface area contributed by atoms with Crippen molar-refractivity contribution in [2.24, 2.45) is 17.8 Å². The van der Waals surface area contributed by atoms with E-state index in [2.05, 4.69) is 6.92 Å². The average Bonchev–Trinajstić information content (AvgIpc) is 3.31. The first-order chi connectivity index (χ1) is 21.1. The number of nitrogens with zero attached hydrogens (tertiary/aromatic N) is 3. The van der Waals surface area contributed by atoms with Crippen molar-refractivity contribution in [3.63, 3.8) is 0 Å². The Bertz CT molecular complexity index is 1300. The number of carbonyl (C=O) groups excluding carboxylic acids is 3. The minimum atomic E-state index is -1.35. The van der Waals surface area contributed by atoms with Gasteiger partial charge >= 0.3 is 0 Å². The SMILES string of the molecule is CCCC(C)N1CC=C[C@]23O[C@]4(CC)C=CCN(c5ccc(OCC)cc5)C(=O)[C@@H]4[C@H]2C(=O)N([C@@H](CO)[C@@H](C)CC)C3C1=O. The van der Waals surface area contributed by atoms with E-state index in [0.29, 0.717) is 37.6 Å². The molecule has 9 heteroatoms. The Labute approximate surface area is 261 Å². The quantitative estimate of drug-likeness (QED) is 0.376. The van der Waals surface area contributed by atoms with E-state index in [1.807, 2.05) is 88.1 Å². The lowest BCUT2D eigenvalue weighted by atomic mass is 9.73. The second kappa shape index (κ2) is 12.7. The van der Waals surface area contributed by atoms with Crippen molar-refractivity contribution < 1.29 is 29.0 Å². The molecule has 1 N–H and O–H groups in total. The van der Waals surface area contributed by atoms with Gasteiger partial charge in [0.1, 0.15) is 17.4 Å². The Morgan fingerprint density at radius 1 is 0.955 bits per heavy atom. The van der Waals surface area contributed by atoms with Gasteiger partial charge in [0.05, 0.1) is 36.7 Å². The fourth-order valence-electron chi connectivity index (χ4n) is 7.98. The van der Waals surface area contributed by atoms with Crippen LogP contribution >= 0.6 is 0 Å². The van der Waals surface area contributed by atoms with Gasteiger partial charge in [-0.1, -0.05) is 64.8 Å². The Kier molecular flexibility index (Phi) is 9.29. The number of rotatable bonds is 11. The van der Waals surface area contributed by atoms with Gasteiger partial charge in [-0.3, -0.25) is 14.4 Å². The second-order valence-corrected chi connectivity index (χ2v) is 12.8. The van der Waals surface area contributed by atoms with Gasteiger partial charge in [0.15, 0.2) is 0 Å². The predicted octanol–water partition coefficient (Wildman–Crippen LogP) is 4.34. The van der Waals surface area contributed by atoms with Crippen molar-refractivity contribution in [3.05, 3.63) is 48.6 Å². The van der Waals surface area contributed by atoms with Gasteiger partial charge in [0.2, 0.25) is 17.7 Å². The lowest BCUT2D eigenvalue weighted by Gasteiger charge is -2.43. The van der Waals surface area contributed by atoms with E-state index in [9.17, 15) is 19.5 Å². The van der Waals surface area contributed by atoms with Crippen molar-refractivity contribution in [1.82, 2.24) is 9.80 Å². The van der Waals surface area contributed by atoms with Gasteiger partial charge < -0.3 is 29.3 Å². The molecule has 0 radical (unpaired) electrons. The van der Waals surface area contributed by atoms with E-state index < -0.39 is 35.1 Å². The molecule has 4 aliphatic heterocycles. The van der Waals surface area contributed by atoms with Crippen molar-refractivity contribution in [2.75, 3.05) is 31.2 Å². The molecule has 0 bridgehead atoms. The predicted molar refractivity (Wildman–Crippen MR) is 169 cm³/mol. The maximum atomic E-state index is 14.9. The Morgan fingerprint density at radius 2 is 1.66 bits per heavy atom. The molecule has 8 atom stereocenters. The third-order valence-electron chi connectivity index (χ3n) is 10.5. The lowest BCUT2D eigenvalue weighted by molar-refractivity contribution is -0.158. The minimum Gasteiger partial charge on any atom is -0.494 e. The maximum Gasteiger partial charge on any atom is 0.249 e. The molecule has 2 saturated heterocycles. The van der Waals surface area contributed by atoms with Crippen LogP contribution in [0.1, 0.15) is 67.2 Å². The van der Waals surface area contributed by atoms with E-state index in [1.54, 1.807) is 9.80 Å². The van der Waals surface area contributed by atoms with E-state index in [0.717, 1.165) is 19.3 Å². The number of carbonyl (C=O) groups is 3. The summed E-state index contributed by atoms with van der Waals surface area (Å²) in [6, 6.07) is 5.80. The van der Waals surface area contributed by atoms with Crippen molar-refractivity contribution in [1.29, 1.82) is 0 Å². The molecule has 0 saturated carbocycles. The summed E-state index contributed by atoms with van der Waals surface area (Å²) in [5.41, 5.74) is -1.71. The third-order valence-corrected chi connectivity index (χ3v) is 10.5. The molecule has 0 aliphatic carbocycles. The monoisotopic (exact) mass is 607 g/mol. The van der Waals surface area contributed by atoms with Gasteiger partial charge in [-0.25, -0.2) is 0 Å². The number of anilines is 1. The van der Waals surface area contributed by atoms with Crippen LogP contribution in [0.4, 0.5) is 5.69 Å². The van der Waals surface area contributed by atoms with Crippen LogP contribution in [0.15, 0.2) is 48.6 Å². The van der Waals surface area contributed by atoms with Crippen LogP contribution in [0.5, 0.6) is 5.75 Å². The van der Waals surface area contributed by atoms with Crippen LogP contribution < -0.4 is 9.64 Å². The normalized spacial score (nSPS) is 31.8. The molecule has 2 unspecified atom stereocenters. The van der Waals surface area contributed by atoms with Crippen LogP contribution in [0.25, 0.3) is 0 Å². The summed E-state index contributed by atoms with van der Waals surface area (Å²) in [4.78, 5) is 49.5. The smallest absolute Gasteiger partial charge is 0.249 e. The average molecular weight is 608 g/mol. The summed E-state index contributed by atoms with van der Waals surface area (Å²) >= 11 is 0. The molecule has 240 valence electrons. The number of ether oxygens (including phenoxy) is 2. The molecule has 4 aliphatic rings. The third kappa shape index (κ3) is 4.96. The Balaban J connectivity index is 1.65. The van der Waals surface area contributed by atoms with Gasteiger partial charge in [-0.05, 0) is 56.9 Å². The number of benzene rings is 1. The molecule has 9 nitrogen and oxygen atoms in total. The number of hydrogen-bond acceptors (Lipinski definition) is 6. The lowest BCUT2D eigenvalue weighted by Crippen LogP contribution is -2.60. The first-order valence-corrected chi connectivity index (χ1v) is 16.5. The zero-order valence-electron chi connectivity index (χ0n) is 27.1. The molecule has 44 heavy (non-hydrogen) atoms. The number of amides is 3. The van der Waals surface area contributed by atoms with E-state index in [4.69, 9.17) is 9.47 Å². The number of aliphatic hydroxyl groups excluding tert-OH is 1. The fourth-order valence-corrected chi connectivity index (χ4v) is 7.98. The van der Waals surface area contributed by atoms with Crippen molar-refractivity contribution in [3.8, 4) is 5.75 Å². The van der Waals surface area contributed by atoms with Crippen LogP contribution in [0, 0.1) is 17.8 Å². The van der Waals surface area contributed by atoms with Crippen LogP contribution in [-0.4, -0.2) is 88.3 Å². The molecular weight excluding hydrogens is 558 g/mol. The molecular formula is C35H49N3O6. The van der Waals surface area contributed by atoms with E-state index in [1.165, 1.54) is 0 Å². The van der Waals surface area contributed by atoms with Gasteiger partial charge in [-0.15, -0.1) is 0 Å². The summed E-state index contributed by atoms with van der Waals surface area (Å²) in [6.07, 6.45) is 10.7. The summed E-state index contributed by atoms with van der Waals surface area (Å²) in [6.45, 7) is 13.0. The molecule has 2 fully saturated rings.